The summed E-state index contributed by atoms with van der Waals surface area (Å²) < 4.78 is 5.47. The van der Waals surface area contributed by atoms with E-state index in [1.165, 1.54) is 0 Å². The van der Waals surface area contributed by atoms with Gasteiger partial charge in [0, 0.05) is 18.4 Å². The minimum absolute atomic E-state index is 0.0396. The van der Waals surface area contributed by atoms with E-state index in [-0.39, 0.29) is 31.5 Å². The first-order valence-corrected chi connectivity index (χ1v) is 9.88. The van der Waals surface area contributed by atoms with Crippen molar-refractivity contribution >= 4 is 18.0 Å². The lowest BCUT2D eigenvalue weighted by Crippen LogP contribution is -2.45. The molecule has 2 aromatic rings. The molecule has 160 valence electrons. The van der Waals surface area contributed by atoms with Crippen LogP contribution in [0.1, 0.15) is 30.9 Å². The van der Waals surface area contributed by atoms with Crippen molar-refractivity contribution in [2.45, 2.75) is 19.8 Å². The van der Waals surface area contributed by atoms with Crippen LogP contribution in [-0.2, 0) is 14.3 Å². The van der Waals surface area contributed by atoms with Crippen molar-refractivity contribution in [2.24, 2.45) is 5.41 Å². The van der Waals surface area contributed by atoms with Crippen molar-refractivity contribution in [1.82, 2.24) is 10.6 Å². The van der Waals surface area contributed by atoms with Crippen LogP contribution in [0.3, 0.4) is 0 Å². The highest BCUT2D eigenvalue weighted by atomic mass is 16.5. The van der Waals surface area contributed by atoms with Crippen LogP contribution in [0.25, 0.3) is 11.1 Å². The van der Waals surface area contributed by atoms with Crippen LogP contribution in [0, 0.1) is 17.3 Å². The van der Waals surface area contributed by atoms with Crippen LogP contribution < -0.4 is 10.6 Å². The van der Waals surface area contributed by atoms with Gasteiger partial charge in [-0.15, -0.1) is 0 Å². The molecule has 7 heteroatoms. The van der Waals surface area contributed by atoms with Gasteiger partial charge in [0.05, 0.1) is 12.0 Å². The summed E-state index contributed by atoms with van der Waals surface area (Å²) in [5, 5.41) is 13.6. The van der Waals surface area contributed by atoms with Crippen molar-refractivity contribution in [2.75, 3.05) is 19.7 Å². The number of benzene rings is 2. The third-order valence-corrected chi connectivity index (χ3v) is 5.17. The highest BCUT2D eigenvalue weighted by Crippen LogP contribution is 2.44. The van der Waals surface area contributed by atoms with Crippen LogP contribution in [0.5, 0.6) is 0 Å². The van der Waals surface area contributed by atoms with Crippen molar-refractivity contribution in [3.63, 3.8) is 0 Å². The number of carbonyl (C=O) groups excluding carboxylic acids is 2. The Labute approximate surface area is 180 Å². The molecule has 0 bridgehead atoms. The predicted molar refractivity (Wildman–Crippen MR) is 115 cm³/mol. The Bertz CT molecular complexity index is 1020. The molecule has 7 nitrogen and oxygen atoms in total. The number of hydrogen-bond acceptors (Lipinski definition) is 4. The second kappa shape index (κ2) is 9.35. The van der Waals surface area contributed by atoms with E-state index in [0.717, 1.165) is 22.3 Å². The van der Waals surface area contributed by atoms with Gasteiger partial charge in [0.25, 0.3) is 0 Å². The zero-order valence-electron chi connectivity index (χ0n) is 17.4. The number of ether oxygens (including phenoxy) is 1. The first-order chi connectivity index (χ1) is 14.8. The summed E-state index contributed by atoms with van der Waals surface area (Å²) in [5.74, 6) is 2.60. The average Bonchev–Trinajstić information content (AvgIpc) is 3.07. The van der Waals surface area contributed by atoms with Gasteiger partial charge in [-0.25, -0.2) is 9.59 Å². The number of hydrogen-bond donors (Lipinski definition) is 3. The lowest BCUT2D eigenvalue weighted by atomic mass is 9.92. The lowest BCUT2D eigenvalue weighted by molar-refractivity contribution is -0.130. The van der Waals surface area contributed by atoms with E-state index in [0.29, 0.717) is 0 Å². The van der Waals surface area contributed by atoms with Crippen LogP contribution in [-0.4, -0.2) is 42.8 Å². The van der Waals surface area contributed by atoms with Crippen LogP contribution >= 0.6 is 0 Å². The molecular weight excluding hydrogens is 396 g/mol. The lowest BCUT2D eigenvalue weighted by Gasteiger charge is -2.23. The van der Waals surface area contributed by atoms with Crippen molar-refractivity contribution < 1.29 is 24.2 Å². The summed E-state index contributed by atoms with van der Waals surface area (Å²) in [4.78, 5) is 34.9. The Balaban J connectivity index is 1.53. The van der Waals surface area contributed by atoms with Gasteiger partial charge in [0.1, 0.15) is 6.61 Å². The topological polar surface area (TPSA) is 105 Å². The van der Waals surface area contributed by atoms with E-state index < -0.39 is 17.5 Å². The fourth-order valence-corrected chi connectivity index (χ4v) is 3.51. The molecule has 2 aromatic carbocycles. The Hall–Kier alpha value is -3.79. The van der Waals surface area contributed by atoms with Gasteiger partial charge in [-0.2, -0.15) is 0 Å². The zero-order valence-corrected chi connectivity index (χ0v) is 17.4. The molecule has 2 amide bonds. The second-order valence-electron chi connectivity index (χ2n) is 7.85. The third kappa shape index (κ3) is 5.23. The summed E-state index contributed by atoms with van der Waals surface area (Å²) >= 11 is 0. The zero-order chi connectivity index (χ0) is 22.4. The molecule has 1 aliphatic carbocycles. The van der Waals surface area contributed by atoms with E-state index in [1.54, 1.807) is 13.8 Å². The molecule has 1 aliphatic rings. The first-order valence-electron chi connectivity index (χ1n) is 9.88. The molecule has 0 spiro atoms. The van der Waals surface area contributed by atoms with E-state index in [2.05, 4.69) is 28.7 Å². The van der Waals surface area contributed by atoms with Gasteiger partial charge in [-0.1, -0.05) is 54.5 Å². The summed E-state index contributed by atoms with van der Waals surface area (Å²) in [6.07, 6.45) is -0.603. The largest absolute Gasteiger partial charge is 0.472 e. The molecule has 0 aliphatic heterocycles. The maximum atomic E-state index is 12.3. The van der Waals surface area contributed by atoms with E-state index in [1.807, 2.05) is 42.3 Å². The number of nitrogens with one attached hydrogen (secondary N) is 2. The quantitative estimate of drug-likeness (QED) is 0.624. The van der Waals surface area contributed by atoms with Gasteiger partial charge >= 0.3 is 12.1 Å². The SMILES string of the molecule is CC(C)(CNC(=O)OCC1c2ccccc2-c2ccccc21)C(=O)NCC#CC(=O)O. The smallest absolute Gasteiger partial charge is 0.407 e. The van der Waals surface area contributed by atoms with Crippen LogP contribution in [0.15, 0.2) is 48.5 Å². The number of amides is 2. The highest BCUT2D eigenvalue weighted by molar-refractivity contribution is 5.87. The molecule has 0 saturated heterocycles. The number of alkyl carbamates (subject to hydrolysis) is 1. The molecular formula is C24H24N2O5. The van der Waals surface area contributed by atoms with Gasteiger partial charge in [-0.05, 0) is 36.1 Å². The molecule has 0 fully saturated rings. The summed E-state index contributed by atoms with van der Waals surface area (Å²) in [6.45, 7) is 3.49. The number of aliphatic carboxylic acids is 1. The first kappa shape index (κ1) is 21.9. The van der Waals surface area contributed by atoms with Crippen LogP contribution in [0.2, 0.25) is 0 Å². The molecule has 3 rings (SSSR count). The molecule has 31 heavy (non-hydrogen) atoms. The number of fused-ring (bicyclic) bond motifs is 3. The highest BCUT2D eigenvalue weighted by Gasteiger charge is 2.30. The van der Waals surface area contributed by atoms with Crippen molar-refractivity contribution in [3.05, 3.63) is 59.7 Å². The predicted octanol–water partition coefficient (Wildman–Crippen LogP) is 2.76. The second-order valence-corrected chi connectivity index (χ2v) is 7.85. The monoisotopic (exact) mass is 420 g/mol. The van der Waals surface area contributed by atoms with Gasteiger partial charge in [0.2, 0.25) is 5.91 Å². The number of carboxylic acids is 1. The fourth-order valence-electron chi connectivity index (χ4n) is 3.51. The maximum absolute atomic E-state index is 12.3. The summed E-state index contributed by atoms with van der Waals surface area (Å²) in [6, 6.07) is 16.1. The fraction of sp³-hybridized carbons (Fsp3) is 0.292. The van der Waals surface area contributed by atoms with Gasteiger partial charge in [-0.3, -0.25) is 4.79 Å². The van der Waals surface area contributed by atoms with E-state index in [4.69, 9.17) is 9.84 Å². The van der Waals surface area contributed by atoms with Crippen molar-refractivity contribution in [1.29, 1.82) is 0 Å². The number of carboxylic acid groups (broad SMARTS) is 1. The molecule has 0 heterocycles. The minimum atomic E-state index is -1.26. The van der Waals surface area contributed by atoms with Crippen LogP contribution in [0.4, 0.5) is 4.79 Å². The third-order valence-electron chi connectivity index (χ3n) is 5.17. The molecule has 0 radical (unpaired) electrons. The Kier molecular flexibility index (Phi) is 6.61. The number of carbonyl (C=O) groups is 3. The molecule has 0 unspecified atom stereocenters. The number of rotatable bonds is 6. The van der Waals surface area contributed by atoms with E-state index in [9.17, 15) is 14.4 Å². The maximum Gasteiger partial charge on any atom is 0.407 e. The Morgan fingerprint density at radius 1 is 1.00 bits per heavy atom. The normalized spacial score (nSPS) is 12.1. The molecule has 3 N–H and O–H groups in total. The summed E-state index contributed by atoms with van der Waals surface area (Å²) in [5.41, 5.74) is 3.63. The molecule has 0 atom stereocenters. The van der Waals surface area contributed by atoms with Gasteiger partial charge in [0.15, 0.2) is 0 Å². The van der Waals surface area contributed by atoms with Gasteiger partial charge < -0.3 is 20.5 Å². The van der Waals surface area contributed by atoms with E-state index >= 15 is 0 Å². The van der Waals surface area contributed by atoms with Crippen molar-refractivity contribution in [3.8, 4) is 23.0 Å². The molecule has 0 saturated carbocycles. The average molecular weight is 420 g/mol. The summed E-state index contributed by atoms with van der Waals surface area (Å²) in [7, 11) is 0. The molecule has 0 aromatic heterocycles. The standard InChI is InChI=1S/C24H24N2O5/c1-24(2,22(29)25-13-7-12-21(27)28)15-26-23(30)31-14-20-18-10-5-3-8-16(18)17-9-4-6-11-19(17)20/h3-6,8-11,20H,13-15H2,1-2H3,(H,25,29)(H,26,30)(H,27,28). The Morgan fingerprint density at radius 2 is 1.58 bits per heavy atom. The minimum Gasteiger partial charge on any atom is -0.472 e. The Morgan fingerprint density at radius 3 is 2.16 bits per heavy atom.